The van der Waals surface area contributed by atoms with Crippen molar-refractivity contribution in [1.29, 1.82) is 0 Å². The summed E-state index contributed by atoms with van der Waals surface area (Å²) in [6.45, 7) is 13.7. The minimum atomic E-state index is -1.99. The second-order valence-corrected chi connectivity index (χ2v) is 23.9. The molecule has 16 unspecified atom stereocenters. The molecule has 3 saturated heterocycles. The highest BCUT2D eigenvalue weighted by molar-refractivity contribution is 5.75. The van der Waals surface area contributed by atoms with Gasteiger partial charge in [0.25, 0.3) is 0 Å². The number of aliphatic hydroxyl groups excluding tert-OH is 9. The van der Waals surface area contributed by atoms with Crippen LogP contribution in [0.2, 0.25) is 0 Å². The predicted molar refractivity (Wildman–Crippen MR) is 243 cm³/mol. The summed E-state index contributed by atoms with van der Waals surface area (Å²) in [6.07, 6.45) is -14.4. The van der Waals surface area contributed by atoms with Crippen LogP contribution in [0.5, 0.6) is 0 Å². The lowest BCUT2D eigenvalue weighted by Gasteiger charge is -2.71. The molecular formula is C51H80O19. The van der Waals surface area contributed by atoms with Gasteiger partial charge >= 0.3 is 5.97 Å². The largest absolute Gasteiger partial charge is 0.464 e. The molecule has 398 valence electrons. The van der Waals surface area contributed by atoms with Crippen molar-refractivity contribution < 1.29 is 93.5 Å². The molecule has 3 aliphatic heterocycles. The van der Waals surface area contributed by atoms with E-state index in [4.69, 9.17) is 33.2 Å². The fourth-order valence-electron chi connectivity index (χ4n) is 15.4. The van der Waals surface area contributed by atoms with Crippen molar-refractivity contribution >= 4 is 18.5 Å². The molecule has 19 nitrogen and oxygen atoms in total. The van der Waals surface area contributed by atoms with Crippen molar-refractivity contribution in [3.63, 3.8) is 0 Å². The Balaban J connectivity index is 1.13. The molecule has 0 bridgehead atoms. The maximum Gasteiger partial charge on any atom is 0.338 e. The van der Waals surface area contributed by atoms with E-state index in [1.54, 1.807) is 0 Å². The van der Waals surface area contributed by atoms with Gasteiger partial charge in [0.15, 0.2) is 25.0 Å². The lowest BCUT2D eigenvalue weighted by molar-refractivity contribution is -0.391. The topological polar surface area (TPSA) is 298 Å². The van der Waals surface area contributed by atoms with Crippen molar-refractivity contribution in [1.82, 2.24) is 0 Å². The van der Waals surface area contributed by atoms with E-state index in [0.29, 0.717) is 32.1 Å². The van der Waals surface area contributed by atoms with Crippen LogP contribution in [-0.2, 0) is 47.5 Å². The average Bonchev–Trinajstić information content (AvgIpc) is 3.31. The molecule has 19 heteroatoms. The van der Waals surface area contributed by atoms with Crippen LogP contribution in [0.4, 0.5) is 0 Å². The SMILES string of the molecule is CCCCOC(=O)C1OC(O[C@H]2CC[C@]3(C)[C@H]4C=CC5[C@@H]6CC(C)(C)C[C@@H](C=O)C6[C@H](O)C[C@@]5(C)[C@]4(C)CC[C@H]3[C@]2(C)C=O)C(OC2OC(CO)C(O)C(O)C2O)C(OC2OCC(O)C(O)C2O)C1O. The smallest absolute Gasteiger partial charge is 0.338 e. The van der Waals surface area contributed by atoms with Crippen molar-refractivity contribution in [2.24, 2.45) is 62.6 Å². The van der Waals surface area contributed by atoms with Crippen molar-refractivity contribution in [2.45, 2.75) is 204 Å². The van der Waals surface area contributed by atoms with Gasteiger partial charge in [0.05, 0.1) is 37.4 Å². The molecule has 0 amide bonds. The molecule has 5 aliphatic carbocycles. The molecule has 26 atom stereocenters. The fourth-order valence-corrected chi connectivity index (χ4v) is 15.4. The maximum atomic E-state index is 14.0. The number of unbranched alkanes of at least 4 members (excludes halogenated alkanes) is 1. The average molecular weight is 997 g/mol. The molecule has 9 N–H and O–H groups in total. The predicted octanol–water partition coefficient (Wildman–Crippen LogP) is 0.672. The number of fused-ring (bicyclic) bond motifs is 7. The highest BCUT2D eigenvalue weighted by Crippen LogP contribution is 2.74. The van der Waals surface area contributed by atoms with E-state index >= 15 is 0 Å². The van der Waals surface area contributed by atoms with Gasteiger partial charge in [-0.15, -0.1) is 0 Å². The third kappa shape index (κ3) is 8.99. The number of aldehydes is 2. The number of hydrogen-bond acceptors (Lipinski definition) is 19. The van der Waals surface area contributed by atoms with Crippen molar-refractivity contribution in [3.8, 4) is 0 Å². The summed E-state index contributed by atoms with van der Waals surface area (Å²) in [5, 5.41) is 98.5. The Bertz CT molecular complexity index is 1900. The normalized spacial score (nSPS) is 53.1. The summed E-state index contributed by atoms with van der Waals surface area (Å²) < 4.78 is 42.5. The molecule has 0 spiro atoms. The van der Waals surface area contributed by atoms with E-state index < -0.39 is 128 Å². The summed E-state index contributed by atoms with van der Waals surface area (Å²) in [5.41, 5.74) is -2.42. The lowest BCUT2D eigenvalue weighted by Crippen LogP contribution is -2.69. The Morgan fingerprint density at radius 2 is 1.43 bits per heavy atom. The van der Waals surface area contributed by atoms with Gasteiger partial charge in [-0.2, -0.15) is 0 Å². The Hall–Kier alpha value is -2.05. The molecule has 0 radical (unpaired) electrons. The summed E-state index contributed by atoms with van der Waals surface area (Å²) in [4.78, 5) is 40.3. The van der Waals surface area contributed by atoms with E-state index in [1.807, 2.05) is 13.8 Å². The molecule has 3 heterocycles. The van der Waals surface area contributed by atoms with Gasteiger partial charge in [0.1, 0.15) is 73.6 Å². The van der Waals surface area contributed by atoms with E-state index in [0.717, 1.165) is 31.8 Å². The van der Waals surface area contributed by atoms with Crippen molar-refractivity contribution in [2.75, 3.05) is 19.8 Å². The Morgan fingerprint density at radius 1 is 0.729 bits per heavy atom. The quantitative estimate of drug-likeness (QED) is 0.0403. The summed E-state index contributed by atoms with van der Waals surface area (Å²) in [7, 11) is 0. The number of rotatable bonds is 13. The summed E-state index contributed by atoms with van der Waals surface area (Å²) >= 11 is 0. The van der Waals surface area contributed by atoms with Gasteiger partial charge in [-0.3, -0.25) is 0 Å². The maximum absolute atomic E-state index is 14.0. The van der Waals surface area contributed by atoms with Gasteiger partial charge in [-0.05, 0) is 103 Å². The number of allylic oxidation sites excluding steroid dienone is 2. The standard InChI is InChI=1S/C51H80O19/c1-8-9-16-64-43(63)41-39(62)40(68-44-37(60)34(57)28(56)22-65-44)42(70-45-38(61)36(59)35(58)29(21-53)66-45)46(69-41)67-32-13-14-48(4)30(49(32,5)23-54)12-15-50(6)31(48)11-10-26-25-18-47(2,3)17-24(20-52)33(25)27(55)19-51(26,50)7/h10-11,20,23-42,44-46,53,55-62H,8-9,12-19,21-22H2,1-7H3/t24-,25-,26?,27+,28?,29?,30+,31+,32-,33?,34?,35?,36?,37?,38?,39?,40?,41?,42?,44?,45?,46?,48-,49-,50+,51+/m0/s1. The highest BCUT2D eigenvalue weighted by atomic mass is 16.8. The lowest BCUT2D eigenvalue weighted by atomic mass is 9.33. The second kappa shape index (κ2) is 20.2. The first-order valence-corrected chi connectivity index (χ1v) is 25.7. The highest BCUT2D eigenvalue weighted by Gasteiger charge is 2.70. The number of carbonyl (C=O) groups excluding carboxylic acids is 3. The zero-order valence-corrected chi connectivity index (χ0v) is 41.6. The van der Waals surface area contributed by atoms with E-state index in [9.17, 15) is 60.3 Å². The molecule has 70 heavy (non-hydrogen) atoms. The van der Waals surface area contributed by atoms with Gasteiger partial charge in [0, 0.05) is 5.92 Å². The van der Waals surface area contributed by atoms with Gasteiger partial charge in [0.2, 0.25) is 0 Å². The fraction of sp³-hybridized carbons (Fsp3) is 0.902. The molecule has 8 rings (SSSR count). The Kier molecular flexibility index (Phi) is 15.7. The molecule has 4 saturated carbocycles. The summed E-state index contributed by atoms with van der Waals surface area (Å²) in [5.74, 6) is -1.41. The monoisotopic (exact) mass is 997 g/mol. The first kappa shape index (κ1) is 54.2. The number of esters is 1. The summed E-state index contributed by atoms with van der Waals surface area (Å²) in [6, 6.07) is 0. The molecule has 8 aliphatic rings. The molecule has 7 fully saturated rings. The Labute approximate surface area is 410 Å². The Morgan fingerprint density at radius 3 is 2.10 bits per heavy atom. The third-order valence-corrected chi connectivity index (χ3v) is 19.3. The van der Waals surface area contributed by atoms with E-state index in [2.05, 4.69) is 46.8 Å². The number of hydrogen-bond donors (Lipinski definition) is 9. The van der Waals surface area contributed by atoms with Gasteiger partial charge < -0.3 is 88.7 Å². The number of carbonyl (C=O) groups is 3. The first-order valence-electron chi connectivity index (χ1n) is 25.7. The third-order valence-electron chi connectivity index (χ3n) is 19.3. The van der Waals surface area contributed by atoms with Crippen LogP contribution >= 0.6 is 0 Å². The van der Waals surface area contributed by atoms with Crippen LogP contribution in [-0.4, -0.2) is 183 Å². The van der Waals surface area contributed by atoms with Crippen LogP contribution in [0.3, 0.4) is 0 Å². The van der Waals surface area contributed by atoms with Crippen LogP contribution < -0.4 is 0 Å². The molecular weight excluding hydrogens is 917 g/mol. The second-order valence-electron chi connectivity index (χ2n) is 23.9. The number of ether oxygens (including phenoxy) is 7. The number of aliphatic hydroxyl groups is 9. The van der Waals surface area contributed by atoms with Gasteiger partial charge in [-0.25, -0.2) is 4.79 Å². The zero-order valence-electron chi connectivity index (χ0n) is 41.6. The minimum Gasteiger partial charge on any atom is -0.464 e. The minimum absolute atomic E-state index is 0.0263. The van der Waals surface area contributed by atoms with Crippen LogP contribution in [0.1, 0.15) is 106 Å². The van der Waals surface area contributed by atoms with Crippen LogP contribution in [0, 0.1) is 62.6 Å². The first-order chi connectivity index (χ1) is 32.9. The van der Waals surface area contributed by atoms with E-state index in [1.165, 1.54) is 0 Å². The molecule has 0 aromatic heterocycles. The molecule has 0 aromatic rings. The van der Waals surface area contributed by atoms with Crippen LogP contribution in [0.25, 0.3) is 0 Å². The van der Waals surface area contributed by atoms with Gasteiger partial charge in [-0.1, -0.05) is 67.0 Å². The van der Waals surface area contributed by atoms with Crippen molar-refractivity contribution in [3.05, 3.63) is 12.2 Å². The zero-order chi connectivity index (χ0) is 51.0. The molecule has 0 aromatic carbocycles. The van der Waals surface area contributed by atoms with Crippen LogP contribution in [0.15, 0.2) is 12.2 Å². The van der Waals surface area contributed by atoms with E-state index in [-0.39, 0.29) is 64.8 Å².